The molecule has 0 spiro atoms. The molecule has 9 heteroatoms. The van der Waals surface area contributed by atoms with E-state index in [1.54, 1.807) is 6.33 Å². The van der Waals surface area contributed by atoms with Crippen LogP contribution >= 0.6 is 0 Å². The van der Waals surface area contributed by atoms with E-state index < -0.39 is 0 Å². The van der Waals surface area contributed by atoms with Gasteiger partial charge in [-0.05, 0) is 97.3 Å². The molecule has 1 aliphatic heterocycles. The minimum atomic E-state index is -0.0727. The summed E-state index contributed by atoms with van der Waals surface area (Å²) in [4.78, 5) is 16.0. The quantitative estimate of drug-likeness (QED) is 0.111. The molecular weight excluding hydrogens is 600 g/mol. The summed E-state index contributed by atoms with van der Waals surface area (Å²) in [6, 6.07) is 22.8. The summed E-state index contributed by atoms with van der Waals surface area (Å²) in [5.41, 5.74) is 7.05. The van der Waals surface area contributed by atoms with Gasteiger partial charge in [-0.1, -0.05) is 57.5 Å². The van der Waals surface area contributed by atoms with Gasteiger partial charge in [-0.2, -0.15) is 0 Å². The lowest BCUT2D eigenvalue weighted by atomic mass is 10.00. The van der Waals surface area contributed by atoms with Crippen LogP contribution in [-0.2, 0) is 16.1 Å². The average Bonchev–Trinajstić information content (AvgIpc) is 3.45. The van der Waals surface area contributed by atoms with Crippen molar-refractivity contribution in [2.24, 2.45) is 0 Å². The second-order valence-electron chi connectivity index (χ2n) is 12.3. The molecule has 0 saturated heterocycles. The Hall–Kier alpha value is -4.63. The topological polar surface area (TPSA) is 93.5 Å². The number of fused-ring (bicyclic) bond motifs is 1. The van der Waals surface area contributed by atoms with Gasteiger partial charge >= 0.3 is 0 Å². The lowest BCUT2D eigenvalue weighted by Crippen LogP contribution is -2.26. The fourth-order valence-corrected chi connectivity index (χ4v) is 5.88. The molecule has 1 aliphatic rings. The Morgan fingerprint density at radius 1 is 0.896 bits per heavy atom. The maximum absolute atomic E-state index is 13.6. The summed E-state index contributed by atoms with van der Waals surface area (Å²) in [5.74, 6) is 1.51. The second-order valence-corrected chi connectivity index (χ2v) is 12.3. The zero-order chi connectivity index (χ0) is 33.7. The van der Waals surface area contributed by atoms with Crippen molar-refractivity contribution in [2.75, 3.05) is 48.4 Å². The number of ether oxygens (including phenoxy) is 2. The molecule has 9 nitrogen and oxygen atoms in total. The predicted molar refractivity (Wildman–Crippen MR) is 196 cm³/mol. The largest absolute Gasteiger partial charge is 0.491 e. The van der Waals surface area contributed by atoms with Gasteiger partial charge in [0.25, 0.3) is 5.91 Å². The van der Waals surface area contributed by atoms with Crippen LogP contribution in [0.1, 0.15) is 77.0 Å². The highest BCUT2D eigenvalue weighted by Gasteiger charge is 2.20. The first-order chi connectivity index (χ1) is 23.5. The van der Waals surface area contributed by atoms with Crippen LogP contribution in [0.4, 0.5) is 17.3 Å². The number of rotatable bonds is 17. The SMILES string of the molecule is CCCCOCCOc1ccc(-c2ccc3c(c2)C=C(C(=O)Nc2ccc(C(C)Nc4nncn4CCC)cc2)CCN3CCC)cc1. The third kappa shape index (κ3) is 9.25. The number of unbranched alkanes of at least 4 members (excludes halogenated alkanes) is 1. The molecule has 1 amide bonds. The van der Waals surface area contributed by atoms with Crippen molar-refractivity contribution in [3.63, 3.8) is 0 Å². The molecule has 0 aliphatic carbocycles. The fraction of sp³-hybridized carbons (Fsp3) is 0.410. The van der Waals surface area contributed by atoms with E-state index in [-0.39, 0.29) is 11.9 Å². The van der Waals surface area contributed by atoms with E-state index >= 15 is 0 Å². The van der Waals surface area contributed by atoms with E-state index in [1.807, 2.05) is 41.0 Å². The molecule has 4 aromatic rings. The maximum Gasteiger partial charge on any atom is 0.251 e. The maximum atomic E-state index is 13.6. The molecular formula is C39H50N6O3. The Bertz CT molecular complexity index is 1630. The van der Waals surface area contributed by atoms with Crippen LogP contribution in [0.5, 0.6) is 5.75 Å². The number of hydrogen-bond acceptors (Lipinski definition) is 7. The number of anilines is 3. The molecule has 1 atom stereocenters. The van der Waals surface area contributed by atoms with Gasteiger partial charge < -0.3 is 29.6 Å². The van der Waals surface area contributed by atoms with E-state index in [1.165, 1.54) is 0 Å². The predicted octanol–water partition coefficient (Wildman–Crippen LogP) is 8.37. The molecule has 48 heavy (non-hydrogen) atoms. The normalized spacial score (nSPS) is 13.3. The molecule has 2 N–H and O–H groups in total. The van der Waals surface area contributed by atoms with E-state index in [9.17, 15) is 4.79 Å². The Labute approximate surface area is 285 Å². The van der Waals surface area contributed by atoms with Crippen LogP contribution < -0.4 is 20.3 Å². The van der Waals surface area contributed by atoms with Gasteiger partial charge in [-0.15, -0.1) is 10.2 Å². The first-order valence-electron chi connectivity index (χ1n) is 17.4. The van der Waals surface area contributed by atoms with Gasteiger partial charge in [0.1, 0.15) is 18.7 Å². The van der Waals surface area contributed by atoms with Crippen molar-refractivity contribution >= 4 is 29.3 Å². The Morgan fingerprint density at radius 3 is 2.42 bits per heavy atom. The molecule has 5 rings (SSSR count). The standard InChI is InChI=1S/C39H50N6O3/c1-5-8-23-47-24-25-48-36-16-11-31(12-17-36)32-13-18-37-34(26-32)27-33(19-22-44(37)20-6-2)38(46)42-35-14-9-30(10-15-35)29(4)41-39-43-40-28-45(39)21-7-3/h9-18,26-29H,5-8,19-25H2,1-4H3,(H,41,43)(H,42,46). The molecule has 0 fully saturated rings. The lowest BCUT2D eigenvalue weighted by molar-refractivity contribution is -0.112. The summed E-state index contributed by atoms with van der Waals surface area (Å²) in [5, 5.41) is 14.9. The van der Waals surface area contributed by atoms with Crippen molar-refractivity contribution in [3.8, 4) is 16.9 Å². The van der Waals surface area contributed by atoms with Gasteiger partial charge in [-0.3, -0.25) is 4.79 Å². The third-order valence-corrected chi connectivity index (χ3v) is 8.55. The van der Waals surface area contributed by atoms with Crippen LogP contribution in [0.25, 0.3) is 17.2 Å². The minimum absolute atomic E-state index is 0.0352. The van der Waals surface area contributed by atoms with E-state index in [0.29, 0.717) is 19.6 Å². The monoisotopic (exact) mass is 650 g/mol. The smallest absolute Gasteiger partial charge is 0.251 e. The summed E-state index contributed by atoms with van der Waals surface area (Å²) in [6.07, 6.45) is 8.73. The number of aryl methyl sites for hydroxylation is 1. The Morgan fingerprint density at radius 2 is 1.67 bits per heavy atom. The van der Waals surface area contributed by atoms with Crippen molar-refractivity contribution in [1.82, 2.24) is 14.8 Å². The average molecular weight is 651 g/mol. The zero-order valence-electron chi connectivity index (χ0n) is 28.9. The number of nitrogens with one attached hydrogen (secondary N) is 2. The number of hydrogen-bond donors (Lipinski definition) is 2. The Kier molecular flexibility index (Phi) is 12.7. The van der Waals surface area contributed by atoms with Crippen LogP contribution in [0, 0.1) is 0 Å². The molecule has 1 aromatic heterocycles. The van der Waals surface area contributed by atoms with E-state index in [2.05, 4.69) is 89.8 Å². The van der Waals surface area contributed by atoms with Gasteiger partial charge in [0.05, 0.1) is 12.6 Å². The molecule has 0 bridgehead atoms. The van der Waals surface area contributed by atoms with Gasteiger partial charge in [-0.25, -0.2) is 0 Å². The summed E-state index contributed by atoms with van der Waals surface area (Å²) in [6.45, 7) is 13.1. The van der Waals surface area contributed by atoms with Crippen LogP contribution in [0.2, 0.25) is 0 Å². The zero-order valence-corrected chi connectivity index (χ0v) is 28.9. The molecule has 1 unspecified atom stereocenters. The summed E-state index contributed by atoms with van der Waals surface area (Å²) in [7, 11) is 0. The number of benzene rings is 3. The Balaban J connectivity index is 1.26. The number of nitrogens with zero attached hydrogens (tertiary/aromatic N) is 4. The number of amides is 1. The molecule has 0 saturated carbocycles. The van der Waals surface area contributed by atoms with Crippen molar-refractivity contribution in [3.05, 3.63) is 89.8 Å². The first-order valence-corrected chi connectivity index (χ1v) is 17.4. The highest BCUT2D eigenvalue weighted by molar-refractivity contribution is 6.07. The molecule has 2 heterocycles. The highest BCUT2D eigenvalue weighted by Crippen LogP contribution is 2.33. The summed E-state index contributed by atoms with van der Waals surface area (Å²) >= 11 is 0. The molecule has 0 radical (unpaired) electrons. The van der Waals surface area contributed by atoms with E-state index in [0.717, 1.165) is 103 Å². The van der Waals surface area contributed by atoms with E-state index in [4.69, 9.17) is 9.47 Å². The number of aromatic nitrogens is 3. The van der Waals surface area contributed by atoms with Crippen LogP contribution in [0.15, 0.2) is 78.6 Å². The minimum Gasteiger partial charge on any atom is -0.491 e. The highest BCUT2D eigenvalue weighted by atomic mass is 16.5. The van der Waals surface area contributed by atoms with Crippen LogP contribution in [0.3, 0.4) is 0 Å². The molecule has 254 valence electrons. The fourth-order valence-electron chi connectivity index (χ4n) is 5.88. The van der Waals surface area contributed by atoms with Crippen molar-refractivity contribution in [2.45, 2.75) is 72.4 Å². The number of carbonyl (C=O) groups is 1. The lowest BCUT2D eigenvalue weighted by Gasteiger charge is -2.25. The third-order valence-electron chi connectivity index (χ3n) is 8.55. The second kappa shape index (κ2) is 17.5. The molecule has 3 aromatic carbocycles. The number of carbonyl (C=O) groups excluding carboxylic acids is 1. The first kappa shape index (κ1) is 34.7. The van der Waals surface area contributed by atoms with Gasteiger partial charge in [0.15, 0.2) is 0 Å². The van der Waals surface area contributed by atoms with Gasteiger partial charge in [0, 0.05) is 43.2 Å². The summed E-state index contributed by atoms with van der Waals surface area (Å²) < 4.78 is 13.5. The van der Waals surface area contributed by atoms with Crippen molar-refractivity contribution in [1.29, 1.82) is 0 Å². The van der Waals surface area contributed by atoms with Crippen molar-refractivity contribution < 1.29 is 14.3 Å². The van der Waals surface area contributed by atoms with Crippen LogP contribution in [-0.4, -0.2) is 53.6 Å². The van der Waals surface area contributed by atoms with Gasteiger partial charge in [0.2, 0.25) is 5.95 Å².